The second-order valence-electron chi connectivity index (χ2n) is 5.06. The van der Waals surface area contributed by atoms with Crippen molar-refractivity contribution in [3.63, 3.8) is 0 Å². The smallest absolute Gasteiger partial charge is 0.136 e. The molecule has 2 aromatic carbocycles. The summed E-state index contributed by atoms with van der Waals surface area (Å²) in [5, 5.41) is 3.46. The van der Waals surface area contributed by atoms with Crippen LogP contribution in [0.25, 0.3) is 0 Å². The van der Waals surface area contributed by atoms with E-state index in [1.165, 1.54) is 17.4 Å². The van der Waals surface area contributed by atoms with Gasteiger partial charge < -0.3 is 10.2 Å². The van der Waals surface area contributed by atoms with Crippen LogP contribution in [0.4, 0.5) is 15.8 Å². The topological polar surface area (TPSA) is 15.3 Å². The SMILES string of the molecule is Fc1ccccc1SCCN1CCCNc2ccccc21. The summed E-state index contributed by atoms with van der Waals surface area (Å²) in [5.74, 6) is 0.760. The summed E-state index contributed by atoms with van der Waals surface area (Å²) in [6, 6.07) is 15.4. The first kappa shape index (κ1) is 14.3. The number of benzene rings is 2. The van der Waals surface area contributed by atoms with Gasteiger partial charge in [0.2, 0.25) is 0 Å². The molecule has 1 aliphatic rings. The van der Waals surface area contributed by atoms with E-state index in [-0.39, 0.29) is 5.82 Å². The predicted octanol–water partition coefficient (Wildman–Crippen LogP) is 4.24. The first-order valence-corrected chi connectivity index (χ1v) is 8.28. The Hall–Kier alpha value is -1.68. The molecule has 2 nitrogen and oxygen atoms in total. The summed E-state index contributed by atoms with van der Waals surface area (Å²) in [6.45, 7) is 2.98. The number of anilines is 2. The number of halogens is 1. The fraction of sp³-hybridized carbons (Fsp3) is 0.294. The molecular formula is C17H19FN2S. The van der Waals surface area contributed by atoms with Crippen molar-refractivity contribution >= 4 is 23.1 Å². The molecule has 0 radical (unpaired) electrons. The monoisotopic (exact) mass is 302 g/mol. The molecule has 110 valence electrons. The Morgan fingerprint density at radius 2 is 1.90 bits per heavy atom. The zero-order chi connectivity index (χ0) is 14.5. The molecule has 0 aliphatic carbocycles. The van der Waals surface area contributed by atoms with Crippen LogP contribution in [0.15, 0.2) is 53.4 Å². The van der Waals surface area contributed by atoms with Gasteiger partial charge in [-0.2, -0.15) is 0 Å². The van der Waals surface area contributed by atoms with Crippen molar-refractivity contribution in [2.75, 3.05) is 35.6 Å². The molecule has 1 N–H and O–H groups in total. The number of hydrogen-bond donors (Lipinski definition) is 1. The highest BCUT2D eigenvalue weighted by Gasteiger charge is 2.14. The molecule has 0 saturated carbocycles. The minimum atomic E-state index is -0.125. The standard InChI is InChI=1S/C17H19FN2S/c18-14-6-1-4-9-17(14)21-13-12-20-11-5-10-19-15-7-2-3-8-16(15)20/h1-4,6-9,19H,5,10-13H2. The van der Waals surface area contributed by atoms with Gasteiger partial charge in [-0.1, -0.05) is 24.3 Å². The van der Waals surface area contributed by atoms with Gasteiger partial charge >= 0.3 is 0 Å². The molecule has 3 rings (SSSR count). The molecule has 0 spiro atoms. The van der Waals surface area contributed by atoms with Crippen LogP contribution in [0.5, 0.6) is 0 Å². The van der Waals surface area contributed by atoms with E-state index in [1.807, 2.05) is 12.1 Å². The van der Waals surface area contributed by atoms with Crippen molar-refractivity contribution in [3.8, 4) is 0 Å². The largest absolute Gasteiger partial charge is 0.383 e. The maximum atomic E-state index is 13.6. The highest BCUT2D eigenvalue weighted by molar-refractivity contribution is 7.99. The second kappa shape index (κ2) is 6.85. The number of hydrogen-bond acceptors (Lipinski definition) is 3. The lowest BCUT2D eigenvalue weighted by atomic mass is 10.2. The maximum Gasteiger partial charge on any atom is 0.136 e. The number of fused-ring (bicyclic) bond motifs is 1. The van der Waals surface area contributed by atoms with Gasteiger partial charge in [0.1, 0.15) is 5.82 Å². The first-order valence-electron chi connectivity index (χ1n) is 7.30. The van der Waals surface area contributed by atoms with E-state index >= 15 is 0 Å². The first-order chi connectivity index (χ1) is 10.3. The number of nitrogens with zero attached hydrogens (tertiary/aromatic N) is 1. The number of thioether (sulfide) groups is 1. The van der Waals surface area contributed by atoms with E-state index in [1.54, 1.807) is 17.8 Å². The summed E-state index contributed by atoms with van der Waals surface area (Å²) in [4.78, 5) is 3.13. The average molecular weight is 302 g/mol. The zero-order valence-electron chi connectivity index (χ0n) is 11.9. The van der Waals surface area contributed by atoms with Gasteiger partial charge in [0.25, 0.3) is 0 Å². The third-order valence-corrected chi connectivity index (χ3v) is 4.65. The van der Waals surface area contributed by atoms with Gasteiger partial charge in [-0.25, -0.2) is 4.39 Å². The highest BCUT2D eigenvalue weighted by atomic mass is 32.2. The van der Waals surface area contributed by atoms with Gasteiger partial charge in [-0.15, -0.1) is 11.8 Å². The lowest BCUT2D eigenvalue weighted by molar-refractivity contribution is 0.602. The normalized spacial score (nSPS) is 14.2. The van der Waals surface area contributed by atoms with Crippen LogP contribution in [-0.2, 0) is 0 Å². The van der Waals surface area contributed by atoms with Crippen molar-refractivity contribution in [2.45, 2.75) is 11.3 Å². The summed E-state index contributed by atoms with van der Waals surface area (Å²) in [6.07, 6.45) is 1.12. The van der Waals surface area contributed by atoms with E-state index in [2.05, 4.69) is 34.5 Å². The predicted molar refractivity (Wildman–Crippen MR) is 88.9 cm³/mol. The molecule has 0 bridgehead atoms. The minimum Gasteiger partial charge on any atom is -0.383 e. The van der Waals surface area contributed by atoms with Crippen LogP contribution in [0.2, 0.25) is 0 Å². The molecule has 1 aliphatic heterocycles. The molecule has 4 heteroatoms. The second-order valence-corrected chi connectivity index (χ2v) is 6.20. The Balaban J connectivity index is 1.64. The van der Waals surface area contributed by atoms with Gasteiger partial charge in [0, 0.05) is 30.3 Å². The Labute approximate surface area is 129 Å². The Morgan fingerprint density at radius 3 is 2.81 bits per heavy atom. The molecule has 1 heterocycles. The van der Waals surface area contributed by atoms with E-state index in [0.29, 0.717) is 0 Å². The van der Waals surface area contributed by atoms with Crippen LogP contribution in [0, 0.1) is 5.82 Å². The van der Waals surface area contributed by atoms with Crippen molar-refractivity contribution in [2.24, 2.45) is 0 Å². The molecule has 0 aromatic heterocycles. The van der Waals surface area contributed by atoms with Gasteiger partial charge in [0.05, 0.1) is 11.4 Å². The van der Waals surface area contributed by atoms with Crippen molar-refractivity contribution in [1.29, 1.82) is 0 Å². The molecule has 0 amide bonds. The van der Waals surface area contributed by atoms with E-state index in [0.717, 1.165) is 36.7 Å². The zero-order valence-corrected chi connectivity index (χ0v) is 12.7. The molecular weight excluding hydrogens is 283 g/mol. The molecule has 0 unspecified atom stereocenters. The Kier molecular flexibility index (Phi) is 4.65. The summed E-state index contributed by atoms with van der Waals surface area (Å²) in [7, 11) is 0. The molecule has 0 saturated heterocycles. The Bertz CT molecular complexity index is 603. The van der Waals surface area contributed by atoms with E-state index in [9.17, 15) is 4.39 Å². The van der Waals surface area contributed by atoms with Crippen molar-refractivity contribution in [3.05, 3.63) is 54.3 Å². The molecule has 21 heavy (non-hydrogen) atoms. The van der Waals surface area contributed by atoms with Gasteiger partial charge in [-0.3, -0.25) is 0 Å². The van der Waals surface area contributed by atoms with Crippen LogP contribution in [0.3, 0.4) is 0 Å². The minimum absolute atomic E-state index is 0.125. The van der Waals surface area contributed by atoms with Crippen molar-refractivity contribution in [1.82, 2.24) is 0 Å². The highest BCUT2D eigenvalue weighted by Crippen LogP contribution is 2.29. The third kappa shape index (κ3) is 3.50. The Morgan fingerprint density at radius 1 is 1.10 bits per heavy atom. The van der Waals surface area contributed by atoms with Crippen LogP contribution < -0.4 is 10.2 Å². The van der Waals surface area contributed by atoms with Gasteiger partial charge in [-0.05, 0) is 30.7 Å². The molecule has 2 aromatic rings. The fourth-order valence-electron chi connectivity index (χ4n) is 2.57. The molecule has 0 fully saturated rings. The average Bonchev–Trinajstić information content (AvgIpc) is 2.72. The van der Waals surface area contributed by atoms with Crippen LogP contribution in [0.1, 0.15) is 6.42 Å². The van der Waals surface area contributed by atoms with E-state index in [4.69, 9.17) is 0 Å². The number of rotatable bonds is 4. The fourth-order valence-corrected chi connectivity index (χ4v) is 3.48. The third-order valence-electron chi connectivity index (χ3n) is 3.62. The van der Waals surface area contributed by atoms with Crippen LogP contribution in [-0.4, -0.2) is 25.4 Å². The summed E-state index contributed by atoms with van der Waals surface area (Å²) >= 11 is 1.59. The quantitative estimate of drug-likeness (QED) is 0.850. The number of nitrogens with one attached hydrogen (secondary N) is 1. The van der Waals surface area contributed by atoms with Crippen LogP contribution >= 0.6 is 11.8 Å². The van der Waals surface area contributed by atoms with Crippen molar-refractivity contribution < 1.29 is 4.39 Å². The lowest BCUT2D eigenvalue weighted by Gasteiger charge is -2.24. The number of para-hydroxylation sites is 2. The lowest BCUT2D eigenvalue weighted by Crippen LogP contribution is -2.26. The summed E-state index contributed by atoms with van der Waals surface area (Å²) in [5.41, 5.74) is 2.45. The van der Waals surface area contributed by atoms with Gasteiger partial charge in [0.15, 0.2) is 0 Å². The van der Waals surface area contributed by atoms with E-state index < -0.39 is 0 Å². The maximum absolute atomic E-state index is 13.6. The molecule has 0 atom stereocenters. The summed E-state index contributed by atoms with van der Waals surface area (Å²) < 4.78 is 13.6.